The zero-order chi connectivity index (χ0) is 15.5. The van der Waals surface area contributed by atoms with Crippen LogP contribution in [-0.4, -0.2) is 5.78 Å². The summed E-state index contributed by atoms with van der Waals surface area (Å²) in [7, 11) is 0. The Labute approximate surface area is 135 Å². The summed E-state index contributed by atoms with van der Waals surface area (Å²) in [5, 5.41) is 0. The molecular formula is C20H18OS. The summed E-state index contributed by atoms with van der Waals surface area (Å²) in [6.45, 7) is 4.23. The molecule has 0 N–H and O–H groups in total. The Morgan fingerprint density at radius 2 is 1.68 bits per heavy atom. The Balaban J connectivity index is 1.81. The van der Waals surface area contributed by atoms with Gasteiger partial charge in [0.25, 0.3) is 0 Å². The van der Waals surface area contributed by atoms with Gasteiger partial charge in [-0.05, 0) is 48.2 Å². The summed E-state index contributed by atoms with van der Waals surface area (Å²) >= 11 is 1.58. The molecule has 0 radical (unpaired) electrons. The number of aryl methyl sites for hydroxylation is 2. The van der Waals surface area contributed by atoms with Crippen molar-refractivity contribution in [1.29, 1.82) is 0 Å². The SMILES string of the molecule is Cc1ccc(-c2ccc(C(=O)Cc3ccccc3)s2)cc1C. The van der Waals surface area contributed by atoms with Crippen molar-refractivity contribution < 1.29 is 4.79 Å². The zero-order valence-corrected chi connectivity index (χ0v) is 13.6. The number of rotatable bonds is 4. The minimum atomic E-state index is 0.186. The molecule has 0 saturated heterocycles. The van der Waals surface area contributed by atoms with Crippen molar-refractivity contribution in [2.75, 3.05) is 0 Å². The summed E-state index contributed by atoms with van der Waals surface area (Å²) < 4.78 is 0. The number of hydrogen-bond donors (Lipinski definition) is 0. The molecule has 2 heteroatoms. The van der Waals surface area contributed by atoms with Crippen LogP contribution < -0.4 is 0 Å². The number of thiophene rings is 1. The molecule has 22 heavy (non-hydrogen) atoms. The van der Waals surface area contributed by atoms with Gasteiger partial charge in [-0.3, -0.25) is 4.79 Å². The summed E-state index contributed by atoms with van der Waals surface area (Å²) in [4.78, 5) is 14.4. The van der Waals surface area contributed by atoms with Gasteiger partial charge in [-0.2, -0.15) is 0 Å². The van der Waals surface area contributed by atoms with Gasteiger partial charge >= 0.3 is 0 Å². The molecule has 0 aliphatic heterocycles. The van der Waals surface area contributed by atoms with Crippen molar-refractivity contribution >= 4 is 17.1 Å². The third-order valence-electron chi connectivity index (χ3n) is 3.88. The van der Waals surface area contributed by atoms with E-state index in [0.29, 0.717) is 6.42 Å². The molecular weight excluding hydrogens is 288 g/mol. The summed E-state index contributed by atoms with van der Waals surface area (Å²) in [5.74, 6) is 0.186. The quantitative estimate of drug-likeness (QED) is 0.585. The van der Waals surface area contributed by atoms with Crippen LogP contribution in [0.5, 0.6) is 0 Å². The van der Waals surface area contributed by atoms with Gasteiger partial charge in [0.2, 0.25) is 0 Å². The fraction of sp³-hybridized carbons (Fsp3) is 0.150. The van der Waals surface area contributed by atoms with Crippen molar-refractivity contribution in [2.24, 2.45) is 0 Å². The monoisotopic (exact) mass is 306 g/mol. The molecule has 0 spiro atoms. The molecule has 0 unspecified atom stereocenters. The lowest BCUT2D eigenvalue weighted by Gasteiger charge is -2.03. The highest BCUT2D eigenvalue weighted by Crippen LogP contribution is 2.30. The van der Waals surface area contributed by atoms with E-state index in [4.69, 9.17) is 0 Å². The number of benzene rings is 2. The standard InChI is InChI=1S/C20H18OS/c1-14-8-9-17(12-15(14)2)19-10-11-20(22-19)18(21)13-16-6-4-3-5-7-16/h3-12H,13H2,1-2H3. The first-order valence-electron chi connectivity index (χ1n) is 7.38. The van der Waals surface area contributed by atoms with Crippen LogP contribution in [0, 0.1) is 13.8 Å². The van der Waals surface area contributed by atoms with Crippen LogP contribution in [0.2, 0.25) is 0 Å². The van der Waals surface area contributed by atoms with E-state index in [2.05, 4.69) is 32.0 Å². The summed E-state index contributed by atoms with van der Waals surface area (Å²) in [5.41, 5.74) is 4.82. The average molecular weight is 306 g/mol. The van der Waals surface area contributed by atoms with Crippen LogP contribution in [0.25, 0.3) is 10.4 Å². The maximum Gasteiger partial charge on any atom is 0.177 e. The lowest BCUT2D eigenvalue weighted by atomic mass is 10.1. The molecule has 0 saturated carbocycles. The molecule has 3 aromatic rings. The van der Waals surface area contributed by atoms with Gasteiger partial charge in [0.05, 0.1) is 4.88 Å². The molecule has 3 rings (SSSR count). The van der Waals surface area contributed by atoms with E-state index in [0.717, 1.165) is 15.3 Å². The van der Waals surface area contributed by atoms with Crippen molar-refractivity contribution in [1.82, 2.24) is 0 Å². The van der Waals surface area contributed by atoms with Gasteiger partial charge in [0, 0.05) is 11.3 Å². The number of hydrogen-bond acceptors (Lipinski definition) is 2. The first-order valence-corrected chi connectivity index (χ1v) is 8.20. The molecule has 0 aliphatic carbocycles. The largest absolute Gasteiger partial charge is 0.293 e. The smallest absolute Gasteiger partial charge is 0.177 e. The van der Waals surface area contributed by atoms with E-state index in [-0.39, 0.29) is 5.78 Å². The Hall–Kier alpha value is -2.19. The molecule has 0 amide bonds. The highest BCUT2D eigenvalue weighted by molar-refractivity contribution is 7.17. The highest BCUT2D eigenvalue weighted by Gasteiger charge is 2.11. The fourth-order valence-electron chi connectivity index (χ4n) is 2.41. The predicted octanol–water partition coefficient (Wildman–Crippen LogP) is 5.46. The Morgan fingerprint density at radius 3 is 2.41 bits per heavy atom. The van der Waals surface area contributed by atoms with E-state index in [9.17, 15) is 4.79 Å². The molecule has 1 aromatic heterocycles. The van der Waals surface area contributed by atoms with E-state index < -0.39 is 0 Å². The van der Waals surface area contributed by atoms with E-state index in [1.165, 1.54) is 16.7 Å². The molecule has 110 valence electrons. The lowest BCUT2D eigenvalue weighted by molar-refractivity contribution is 0.0997. The Kier molecular flexibility index (Phi) is 4.21. The van der Waals surface area contributed by atoms with Gasteiger partial charge < -0.3 is 0 Å². The number of ketones is 1. The van der Waals surface area contributed by atoms with Crippen molar-refractivity contribution in [3.8, 4) is 10.4 Å². The number of Topliss-reactive ketones (excluding diaryl/α,β-unsaturated/α-hetero) is 1. The normalized spacial score (nSPS) is 10.6. The first-order chi connectivity index (χ1) is 10.6. The summed E-state index contributed by atoms with van der Waals surface area (Å²) in [6.07, 6.45) is 0.466. The molecule has 1 nitrogen and oxygen atoms in total. The molecule has 0 aliphatic rings. The Bertz CT molecular complexity index is 800. The van der Waals surface area contributed by atoms with Crippen LogP contribution >= 0.6 is 11.3 Å². The minimum Gasteiger partial charge on any atom is -0.293 e. The van der Waals surface area contributed by atoms with Crippen LogP contribution in [0.3, 0.4) is 0 Å². The maximum atomic E-state index is 12.4. The van der Waals surface area contributed by atoms with Gasteiger partial charge in [-0.25, -0.2) is 0 Å². The third kappa shape index (κ3) is 3.18. The molecule has 2 aromatic carbocycles. The maximum absolute atomic E-state index is 12.4. The van der Waals surface area contributed by atoms with Crippen molar-refractivity contribution in [2.45, 2.75) is 20.3 Å². The second-order valence-electron chi connectivity index (χ2n) is 5.55. The van der Waals surface area contributed by atoms with Crippen LogP contribution in [0.15, 0.2) is 60.7 Å². The molecule has 1 heterocycles. The lowest BCUT2D eigenvalue weighted by Crippen LogP contribution is -2.00. The summed E-state index contributed by atoms with van der Waals surface area (Å²) in [6, 6.07) is 20.3. The third-order valence-corrected chi connectivity index (χ3v) is 5.06. The van der Waals surface area contributed by atoms with Gasteiger partial charge in [-0.15, -0.1) is 11.3 Å². The second kappa shape index (κ2) is 6.29. The van der Waals surface area contributed by atoms with Crippen LogP contribution in [0.4, 0.5) is 0 Å². The highest BCUT2D eigenvalue weighted by atomic mass is 32.1. The molecule has 0 fully saturated rings. The van der Waals surface area contributed by atoms with E-state index in [1.807, 2.05) is 42.5 Å². The van der Waals surface area contributed by atoms with Gasteiger partial charge in [-0.1, -0.05) is 48.5 Å². The second-order valence-corrected chi connectivity index (χ2v) is 6.63. The van der Waals surface area contributed by atoms with Crippen molar-refractivity contribution in [3.05, 3.63) is 82.2 Å². The minimum absolute atomic E-state index is 0.186. The van der Waals surface area contributed by atoms with Crippen LogP contribution in [-0.2, 0) is 6.42 Å². The van der Waals surface area contributed by atoms with E-state index in [1.54, 1.807) is 11.3 Å². The van der Waals surface area contributed by atoms with Gasteiger partial charge in [0.1, 0.15) is 0 Å². The number of carbonyl (C=O) groups is 1. The predicted molar refractivity (Wildman–Crippen MR) is 93.7 cm³/mol. The molecule has 0 bridgehead atoms. The van der Waals surface area contributed by atoms with Gasteiger partial charge in [0.15, 0.2) is 5.78 Å². The Morgan fingerprint density at radius 1 is 0.909 bits per heavy atom. The van der Waals surface area contributed by atoms with Crippen LogP contribution in [0.1, 0.15) is 26.4 Å². The van der Waals surface area contributed by atoms with Crippen molar-refractivity contribution in [3.63, 3.8) is 0 Å². The topological polar surface area (TPSA) is 17.1 Å². The average Bonchev–Trinajstić information content (AvgIpc) is 3.01. The zero-order valence-electron chi connectivity index (χ0n) is 12.8. The van der Waals surface area contributed by atoms with E-state index >= 15 is 0 Å². The fourth-order valence-corrected chi connectivity index (χ4v) is 3.35. The number of carbonyl (C=O) groups excluding carboxylic acids is 1. The first kappa shape index (κ1) is 14.7. The molecule has 0 atom stereocenters.